The fourth-order valence-corrected chi connectivity index (χ4v) is 6.18. The van der Waals surface area contributed by atoms with Crippen LogP contribution in [0.3, 0.4) is 0 Å². The highest BCUT2D eigenvalue weighted by molar-refractivity contribution is 7.89. The van der Waals surface area contributed by atoms with E-state index in [0.29, 0.717) is 65.5 Å². The summed E-state index contributed by atoms with van der Waals surface area (Å²) in [5, 5.41) is 0. The summed E-state index contributed by atoms with van der Waals surface area (Å²) in [7, 11) is -3.71. The molecule has 0 aliphatic carbocycles. The average molecular weight is 493 g/mol. The van der Waals surface area contributed by atoms with Crippen molar-refractivity contribution in [3.63, 3.8) is 0 Å². The molecule has 5 heterocycles. The molecule has 6 rings (SSSR count). The zero-order chi connectivity index (χ0) is 24.2. The number of halogens is 1. The molecule has 9 nitrogen and oxygen atoms in total. The number of hydrogen-bond acceptors (Lipinski definition) is 7. The van der Waals surface area contributed by atoms with E-state index in [4.69, 9.17) is 4.42 Å². The van der Waals surface area contributed by atoms with Crippen LogP contribution in [-0.2, 0) is 10.0 Å². The van der Waals surface area contributed by atoms with Gasteiger partial charge < -0.3 is 8.98 Å². The molecule has 0 N–H and O–H groups in total. The maximum atomic E-state index is 14.6. The van der Waals surface area contributed by atoms with E-state index >= 15 is 0 Å². The number of benzene rings is 1. The molecular formula is C24H21FN6O3S. The number of pyridine rings is 2. The Labute approximate surface area is 200 Å². The molecule has 0 unspecified atom stereocenters. The summed E-state index contributed by atoms with van der Waals surface area (Å²) in [5.74, 6) is 0.478. The van der Waals surface area contributed by atoms with Crippen LogP contribution >= 0.6 is 0 Å². The zero-order valence-corrected chi connectivity index (χ0v) is 19.6. The summed E-state index contributed by atoms with van der Waals surface area (Å²) in [6.45, 7) is 2.34. The fourth-order valence-electron chi connectivity index (χ4n) is 4.69. The number of imidazole rings is 1. The second-order valence-corrected chi connectivity index (χ2v) is 10.4. The number of aromatic nitrogens is 5. The van der Waals surface area contributed by atoms with Gasteiger partial charge in [0, 0.05) is 44.5 Å². The minimum absolute atomic E-state index is 0.0941. The van der Waals surface area contributed by atoms with Gasteiger partial charge in [-0.2, -0.15) is 4.31 Å². The molecular weight excluding hydrogens is 471 g/mol. The van der Waals surface area contributed by atoms with E-state index in [0.717, 1.165) is 6.20 Å². The van der Waals surface area contributed by atoms with Crippen molar-refractivity contribution in [2.24, 2.45) is 0 Å². The van der Waals surface area contributed by atoms with Crippen LogP contribution in [0.25, 0.3) is 33.7 Å². The molecule has 35 heavy (non-hydrogen) atoms. The molecule has 0 bridgehead atoms. The molecule has 0 atom stereocenters. The first-order chi connectivity index (χ1) is 16.9. The number of aryl methyl sites for hydroxylation is 1. The average Bonchev–Trinajstić information content (AvgIpc) is 3.43. The van der Waals surface area contributed by atoms with E-state index < -0.39 is 15.8 Å². The third-order valence-electron chi connectivity index (χ3n) is 6.36. The van der Waals surface area contributed by atoms with Crippen LogP contribution in [0.2, 0.25) is 0 Å². The summed E-state index contributed by atoms with van der Waals surface area (Å²) in [4.78, 5) is 17.4. The van der Waals surface area contributed by atoms with Crippen molar-refractivity contribution in [3.8, 4) is 11.4 Å². The minimum Gasteiger partial charge on any atom is -0.441 e. The van der Waals surface area contributed by atoms with Crippen LogP contribution < -0.4 is 0 Å². The van der Waals surface area contributed by atoms with Crippen LogP contribution in [-0.4, -0.2) is 50.3 Å². The van der Waals surface area contributed by atoms with E-state index in [1.807, 2.05) is 10.6 Å². The van der Waals surface area contributed by atoms with Crippen molar-refractivity contribution in [2.45, 2.75) is 30.7 Å². The molecule has 0 amide bonds. The zero-order valence-electron chi connectivity index (χ0n) is 18.8. The first-order valence-corrected chi connectivity index (χ1v) is 12.7. The van der Waals surface area contributed by atoms with Gasteiger partial charge in [0.1, 0.15) is 16.9 Å². The van der Waals surface area contributed by atoms with Crippen molar-refractivity contribution in [3.05, 3.63) is 66.7 Å². The SMILES string of the molecule is Cc1nc2ccc(S(=O)(=O)N3CCC(n4c(-c5ccncc5F)nc5cccnc54)CC3)cc2o1. The minimum atomic E-state index is -3.71. The van der Waals surface area contributed by atoms with Gasteiger partial charge in [-0.05, 0) is 43.2 Å². The largest absolute Gasteiger partial charge is 0.441 e. The predicted molar refractivity (Wildman–Crippen MR) is 126 cm³/mol. The van der Waals surface area contributed by atoms with Gasteiger partial charge in [-0.15, -0.1) is 0 Å². The van der Waals surface area contributed by atoms with E-state index in [9.17, 15) is 12.8 Å². The Balaban J connectivity index is 1.32. The molecule has 4 aromatic heterocycles. The molecule has 1 aliphatic heterocycles. The Kier molecular flexibility index (Phi) is 5.11. The Morgan fingerprint density at radius 1 is 1.06 bits per heavy atom. The Morgan fingerprint density at radius 3 is 2.69 bits per heavy atom. The Bertz CT molecular complexity index is 1670. The highest BCUT2D eigenvalue weighted by Gasteiger charge is 2.32. The van der Waals surface area contributed by atoms with Crippen molar-refractivity contribution >= 4 is 32.3 Å². The number of sulfonamides is 1. The second-order valence-electron chi connectivity index (χ2n) is 8.50. The smallest absolute Gasteiger partial charge is 0.243 e. The molecule has 1 saturated heterocycles. The number of oxazole rings is 1. The summed E-state index contributed by atoms with van der Waals surface area (Å²) in [6, 6.07) is 9.86. The summed E-state index contributed by atoms with van der Waals surface area (Å²) in [6.07, 6.45) is 5.43. The van der Waals surface area contributed by atoms with Crippen molar-refractivity contribution in [2.75, 3.05) is 13.1 Å². The summed E-state index contributed by atoms with van der Waals surface area (Å²) < 4.78 is 50.3. The molecule has 1 fully saturated rings. The molecule has 0 saturated carbocycles. The van der Waals surface area contributed by atoms with Crippen molar-refractivity contribution in [1.82, 2.24) is 28.8 Å². The van der Waals surface area contributed by atoms with Crippen LogP contribution in [0.4, 0.5) is 4.39 Å². The number of rotatable bonds is 4. The first-order valence-electron chi connectivity index (χ1n) is 11.2. The topological polar surface area (TPSA) is 107 Å². The number of hydrogen-bond donors (Lipinski definition) is 0. The quantitative estimate of drug-likeness (QED) is 0.372. The molecule has 178 valence electrons. The number of piperidine rings is 1. The lowest BCUT2D eigenvalue weighted by molar-refractivity contribution is 0.278. The maximum Gasteiger partial charge on any atom is 0.243 e. The third kappa shape index (κ3) is 3.67. The Morgan fingerprint density at radius 2 is 1.89 bits per heavy atom. The fraction of sp³-hybridized carbons (Fsp3) is 0.250. The van der Waals surface area contributed by atoms with Gasteiger partial charge in [0.15, 0.2) is 22.9 Å². The summed E-state index contributed by atoms with van der Waals surface area (Å²) in [5.41, 5.74) is 2.70. The van der Waals surface area contributed by atoms with E-state index in [2.05, 4.69) is 19.9 Å². The van der Waals surface area contributed by atoms with Gasteiger partial charge in [-0.3, -0.25) is 4.98 Å². The van der Waals surface area contributed by atoms with Crippen LogP contribution in [0.1, 0.15) is 24.8 Å². The van der Waals surface area contributed by atoms with Gasteiger partial charge in [0.25, 0.3) is 0 Å². The second kappa shape index (κ2) is 8.21. The van der Waals surface area contributed by atoms with Gasteiger partial charge in [-0.1, -0.05) is 0 Å². The van der Waals surface area contributed by atoms with Crippen molar-refractivity contribution < 1.29 is 17.2 Å². The molecule has 5 aromatic rings. The lowest BCUT2D eigenvalue weighted by Gasteiger charge is -2.32. The third-order valence-corrected chi connectivity index (χ3v) is 8.25. The van der Waals surface area contributed by atoms with Gasteiger partial charge >= 0.3 is 0 Å². The van der Waals surface area contributed by atoms with Crippen LogP contribution in [0, 0.1) is 12.7 Å². The molecule has 11 heteroatoms. The van der Waals surface area contributed by atoms with Crippen LogP contribution in [0.15, 0.2) is 64.3 Å². The highest BCUT2D eigenvalue weighted by atomic mass is 32.2. The van der Waals surface area contributed by atoms with Gasteiger partial charge in [0.2, 0.25) is 10.0 Å². The standard InChI is InChI=1S/C24H21FN6O3S/c1-15-28-20-5-4-17(13-22(20)34-15)35(32,33)30-11-7-16(8-12-30)31-23(18-6-10-26-14-19(18)25)29-21-3-2-9-27-24(21)31/h2-6,9-10,13-14,16H,7-8,11-12H2,1H3. The predicted octanol–water partition coefficient (Wildman–Crippen LogP) is 4.11. The van der Waals surface area contributed by atoms with E-state index in [-0.39, 0.29) is 10.9 Å². The molecule has 1 aliphatic rings. The summed E-state index contributed by atoms with van der Waals surface area (Å²) >= 11 is 0. The lowest BCUT2D eigenvalue weighted by atomic mass is 10.1. The number of fused-ring (bicyclic) bond motifs is 2. The molecule has 0 radical (unpaired) electrons. The molecule has 1 aromatic carbocycles. The highest BCUT2D eigenvalue weighted by Crippen LogP contribution is 2.35. The van der Waals surface area contributed by atoms with E-state index in [1.54, 1.807) is 37.4 Å². The first kappa shape index (κ1) is 21.8. The monoisotopic (exact) mass is 492 g/mol. The van der Waals surface area contributed by atoms with Crippen molar-refractivity contribution in [1.29, 1.82) is 0 Å². The lowest BCUT2D eigenvalue weighted by Crippen LogP contribution is -2.39. The normalized spacial score (nSPS) is 15.8. The Hall–Kier alpha value is -3.70. The maximum absolute atomic E-state index is 14.6. The molecule has 0 spiro atoms. The van der Waals surface area contributed by atoms with Gasteiger partial charge in [-0.25, -0.2) is 27.8 Å². The number of nitrogens with zero attached hydrogens (tertiary/aromatic N) is 6. The van der Waals surface area contributed by atoms with Crippen LogP contribution in [0.5, 0.6) is 0 Å². The van der Waals surface area contributed by atoms with E-state index in [1.165, 1.54) is 16.6 Å². The van der Waals surface area contributed by atoms with Gasteiger partial charge in [0.05, 0.1) is 16.7 Å².